The van der Waals surface area contributed by atoms with Gasteiger partial charge in [0.1, 0.15) is 5.75 Å². The highest BCUT2D eigenvalue weighted by atomic mass is 79.9. The zero-order chi connectivity index (χ0) is 14.5. The van der Waals surface area contributed by atoms with Crippen molar-refractivity contribution in [1.82, 2.24) is 0 Å². The molecule has 2 rings (SSSR count). The van der Waals surface area contributed by atoms with E-state index >= 15 is 0 Å². The number of hydrogen-bond donors (Lipinski definition) is 1. The molecule has 0 radical (unpaired) electrons. The molecule has 0 atom stereocenters. The van der Waals surface area contributed by atoms with Gasteiger partial charge in [0.2, 0.25) is 0 Å². The van der Waals surface area contributed by atoms with Crippen LogP contribution in [-0.4, -0.2) is 13.7 Å². The molecule has 2 N–H and O–H groups in total. The van der Waals surface area contributed by atoms with E-state index in [-0.39, 0.29) is 0 Å². The zero-order valence-corrected chi connectivity index (χ0v) is 13.4. The van der Waals surface area contributed by atoms with Crippen molar-refractivity contribution in [3.05, 3.63) is 52.5 Å². The van der Waals surface area contributed by atoms with Crippen molar-refractivity contribution >= 4 is 27.3 Å². The van der Waals surface area contributed by atoms with E-state index < -0.39 is 0 Å². The summed E-state index contributed by atoms with van der Waals surface area (Å²) in [4.78, 5) is 2.17. The molecule has 0 amide bonds. The molecule has 0 unspecified atom stereocenters. The molecule has 0 aromatic heterocycles. The molecule has 0 spiro atoms. The monoisotopic (exact) mass is 334 g/mol. The van der Waals surface area contributed by atoms with Crippen LogP contribution in [0.3, 0.4) is 0 Å². The molecule has 0 aliphatic carbocycles. The molecule has 0 saturated carbocycles. The van der Waals surface area contributed by atoms with Crippen LogP contribution in [0.2, 0.25) is 0 Å². The largest absolute Gasteiger partial charge is 0.492 e. The minimum Gasteiger partial charge on any atom is -0.492 e. The molecule has 0 aliphatic heterocycles. The normalized spacial score (nSPS) is 10.3. The summed E-state index contributed by atoms with van der Waals surface area (Å²) in [5, 5.41) is 0. The Morgan fingerprint density at radius 3 is 2.50 bits per heavy atom. The molecule has 2 aromatic rings. The van der Waals surface area contributed by atoms with Crippen molar-refractivity contribution in [3.63, 3.8) is 0 Å². The van der Waals surface area contributed by atoms with E-state index in [1.54, 1.807) is 0 Å². The van der Waals surface area contributed by atoms with Crippen molar-refractivity contribution < 1.29 is 4.74 Å². The van der Waals surface area contributed by atoms with Crippen LogP contribution in [0.4, 0.5) is 11.4 Å². The number of nitrogens with two attached hydrogens (primary N) is 1. The van der Waals surface area contributed by atoms with Crippen molar-refractivity contribution in [2.24, 2.45) is 0 Å². The van der Waals surface area contributed by atoms with E-state index in [0.29, 0.717) is 12.3 Å². The molecule has 4 heteroatoms. The summed E-state index contributed by atoms with van der Waals surface area (Å²) in [6.07, 6.45) is 0. The zero-order valence-electron chi connectivity index (χ0n) is 11.8. The van der Waals surface area contributed by atoms with Gasteiger partial charge in [-0.1, -0.05) is 28.1 Å². The third-order valence-corrected chi connectivity index (χ3v) is 3.60. The Morgan fingerprint density at radius 1 is 1.15 bits per heavy atom. The lowest BCUT2D eigenvalue weighted by molar-refractivity contribution is 0.342. The van der Waals surface area contributed by atoms with E-state index in [4.69, 9.17) is 10.5 Å². The lowest BCUT2D eigenvalue weighted by Crippen LogP contribution is -2.16. The van der Waals surface area contributed by atoms with Gasteiger partial charge in [-0.05, 0) is 36.8 Å². The maximum absolute atomic E-state index is 5.90. The molecule has 20 heavy (non-hydrogen) atoms. The third kappa shape index (κ3) is 3.67. The van der Waals surface area contributed by atoms with Gasteiger partial charge in [0.25, 0.3) is 0 Å². The van der Waals surface area contributed by atoms with Crippen LogP contribution < -0.4 is 15.4 Å². The molecule has 0 aliphatic rings. The lowest BCUT2D eigenvalue weighted by Gasteiger charge is -2.21. The Kier molecular flexibility index (Phi) is 4.90. The molecule has 0 saturated heterocycles. The first kappa shape index (κ1) is 14.7. The maximum atomic E-state index is 5.90. The number of nitrogen functional groups attached to an aromatic ring is 1. The summed E-state index contributed by atoms with van der Waals surface area (Å²) in [7, 11) is 2.06. The van der Waals surface area contributed by atoms with Gasteiger partial charge in [0, 0.05) is 29.8 Å². The van der Waals surface area contributed by atoms with Crippen molar-refractivity contribution in [1.29, 1.82) is 0 Å². The fourth-order valence-corrected chi connectivity index (χ4v) is 2.26. The van der Waals surface area contributed by atoms with Gasteiger partial charge < -0.3 is 15.4 Å². The first-order valence-electron chi connectivity index (χ1n) is 6.58. The average molecular weight is 335 g/mol. The molecular formula is C16H19BrN2O. The van der Waals surface area contributed by atoms with Crippen LogP contribution in [0.1, 0.15) is 12.5 Å². The van der Waals surface area contributed by atoms with Gasteiger partial charge in [0.05, 0.1) is 12.3 Å². The number of rotatable bonds is 5. The summed E-state index contributed by atoms with van der Waals surface area (Å²) in [6.45, 7) is 3.41. The predicted molar refractivity (Wildman–Crippen MR) is 88.3 cm³/mol. The smallest absolute Gasteiger partial charge is 0.144 e. The van der Waals surface area contributed by atoms with Gasteiger partial charge in [0.15, 0.2) is 0 Å². The second kappa shape index (κ2) is 6.66. The van der Waals surface area contributed by atoms with Crippen LogP contribution >= 0.6 is 15.9 Å². The molecule has 2 aromatic carbocycles. The molecule has 3 nitrogen and oxygen atoms in total. The van der Waals surface area contributed by atoms with E-state index in [1.165, 1.54) is 5.56 Å². The summed E-state index contributed by atoms with van der Waals surface area (Å²) in [6, 6.07) is 14.2. The Bertz CT molecular complexity index is 569. The van der Waals surface area contributed by atoms with Crippen molar-refractivity contribution in [2.45, 2.75) is 13.5 Å². The first-order chi connectivity index (χ1) is 9.60. The minimum absolute atomic E-state index is 0.615. The molecule has 0 bridgehead atoms. The van der Waals surface area contributed by atoms with Crippen LogP contribution in [0.25, 0.3) is 0 Å². The maximum Gasteiger partial charge on any atom is 0.144 e. The highest BCUT2D eigenvalue weighted by Crippen LogP contribution is 2.28. The van der Waals surface area contributed by atoms with E-state index in [9.17, 15) is 0 Å². The summed E-state index contributed by atoms with van der Waals surface area (Å²) >= 11 is 3.45. The van der Waals surface area contributed by atoms with Gasteiger partial charge >= 0.3 is 0 Å². The van der Waals surface area contributed by atoms with Gasteiger partial charge in [-0.15, -0.1) is 0 Å². The van der Waals surface area contributed by atoms with Gasteiger partial charge in [-0.25, -0.2) is 0 Å². The Balaban J connectivity index is 2.14. The Hall–Kier alpha value is -1.68. The molecular weight excluding hydrogens is 316 g/mol. The molecule has 0 fully saturated rings. The average Bonchev–Trinajstić information content (AvgIpc) is 2.44. The predicted octanol–water partition coefficient (Wildman–Crippen LogP) is 4.07. The highest BCUT2D eigenvalue weighted by molar-refractivity contribution is 9.10. The Labute approximate surface area is 128 Å². The van der Waals surface area contributed by atoms with E-state index in [1.807, 2.05) is 25.1 Å². The number of ether oxygens (including phenoxy) is 1. The van der Waals surface area contributed by atoms with Crippen LogP contribution in [0, 0.1) is 0 Å². The fourth-order valence-electron chi connectivity index (χ4n) is 2.00. The topological polar surface area (TPSA) is 38.5 Å². The molecule has 106 valence electrons. The lowest BCUT2D eigenvalue weighted by atomic mass is 10.2. The SMILES string of the molecule is CCOc1cc(N(C)Cc2ccc(Br)cc2)ccc1N. The first-order valence-corrected chi connectivity index (χ1v) is 7.37. The fraction of sp³-hybridized carbons (Fsp3) is 0.250. The van der Waals surface area contributed by atoms with Crippen LogP contribution in [0.15, 0.2) is 46.9 Å². The van der Waals surface area contributed by atoms with E-state index in [0.717, 1.165) is 22.5 Å². The summed E-state index contributed by atoms with van der Waals surface area (Å²) in [5.41, 5.74) is 8.91. The highest BCUT2D eigenvalue weighted by Gasteiger charge is 2.06. The number of benzene rings is 2. The second-order valence-corrected chi connectivity index (χ2v) is 5.55. The number of hydrogen-bond acceptors (Lipinski definition) is 3. The second-order valence-electron chi connectivity index (χ2n) is 4.64. The Morgan fingerprint density at radius 2 is 1.85 bits per heavy atom. The minimum atomic E-state index is 0.615. The van der Waals surface area contributed by atoms with Crippen LogP contribution in [0.5, 0.6) is 5.75 Å². The van der Waals surface area contributed by atoms with Gasteiger partial charge in [-0.3, -0.25) is 0 Å². The standard InChI is InChI=1S/C16H19BrN2O/c1-3-20-16-10-14(8-9-15(16)18)19(2)11-12-4-6-13(17)7-5-12/h4-10H,3,11,18H2,1-2H3. The number of nitrogens with zero attached hydrogens (tertiary/aromatic N) is 1. The number of halogens is 1. The van der Waals surface area contributed by atoms with Crippen molar-refractivity contribution in [3.8, 4) is 5.75 Å². The van der Waals surface area contributed by atoms with Crippen molar-refractivity contribution in [2.75, 3.05) is 24.3 Å². The van der Waals surface area contributed by atoms with E-state index in [2.05, 4.69) is 52.1 Å². The quantitative estimate of drug-likeness (QED) is 0.837. The number of anilines is 2. The summed E-state index contributed by atoms with van der Waals surface area (Å²) in [5.74, 6) is 0.743. The third-order valence-electron chi connectivity index (χ3n) is 3.07. The van der Waals surface area contributed by atoms with Gasteiger partial charge in [-0.2, -0.15) is 0 Å². The van der Waals surface area contributed by atoms with Crippen LogP contribution in [-0.2, 0) is 6.54 Å². The summed E-state index contributed by atoms with van der Waals surface area (Å²) < 4.78 is 6.63. The molecule has 0 heterocycles.